The third-order valence-corrected chi connectivity index (χ3v) is 5.67. The van der Waals surface area contributed by atoms with E-state index in [9.17, 15) is 35.9 Å². The first-order valence-electron chi connectivity index (χ1n) is 13.7. The molecule has 0 aliphatic carbocycles. The summed E-state index contributed by atoms with van der Waals surface area (Å²) in [7, 11) is 0. The molecule has 38 heavy (non-hydrogen) atoms. The molecule has 0 bridgehead atoms. The number of ether oxygens (including phenoxy) is 4. The Bertz CT molecular complexity index is 534. The largest absolute Gasteiger partial charge is 0.522 e. The molecule has 0 saturated carbocycles. The zero-order chi connectivity index (χ0) is 28.5. The average molecular weight is 567 g/mol. The molecule has 0 fully saturated rings. The molecular formula is C26H44F6O6. The number of carbonyl (C=O) groups excluding carboxylic acids is 2. The monoisotopic (exact) mass is 566 g/mol. The fraction of sp³-hybridized carbons (Fsp3) is 0.923. The van der Waals surface area contributed by atoms with Gasteiger partial charge < -0.3 is 9.47 Å². The predicted molar refractivity (Wildman–Crippen MR) is 129 cm³/mol. The van der Waals surface area contributed by atoms with Crippen molar-refractivity contribution in [1.29, 1.82) is 0 Å². The van der Waals surface area contributed by atoms with E-state index in [1.165, 1.54) is 0 Å². The summed E-state index contributed by atoms with van der Waals surface area (Å²) >= 11 is 0. The summed E-state index contributed by atoms with van der Waals surface area (Å²) in [5.41, 5.74) is 0. The lowest BCUT2D eigenvalue weighted by Crippen LogP contribution is -2.13. The van der Waals surface area contributed by atoms with Crippen LogP contribution in [0.4, 0.5) is 26.3 Å². The van der Waals surface area contributed by atoms with E-state index < -0.39 is 24.7 Å². The van der Waals surface area contributed by atoms with Gasteiger partial charge in [-0.05, 0) is 25.7 Å². The summed E-state index contributed by atoms with van der Waals surface area (Å²) in [6.07, 6.45) is 3.77. The van der Waals surface area contributed by atoms with Gasteiger partial charge >= 0.3 is 24.7 Å². The highest BCUT2D eigenvalue weighted by molar-refractivity contribution is 5.77. The van der Waals surface area contributed by atoms with Gasteiger partial charge in [-0.25, -0.2) is 0 Å². The third kappa shape index (κ3) is 30.7. The van der Waals surface area contributed by atoms with Gasteiger partial charge in [-0.1, -0.05) is 77.0 Å². The molecule has 0 aromatic heterocycles. The Morgan fingerprint density at radius 2 is 0.632 bits per heavy atom. The molecule has 0 heterocycles. The van der Waals surface area contributed by atoms with Crippen molar-refractivity contribution in [2.24, 2.45) is 0 Å². The van der Waals surface area contributed by atoms with Crippen LogP contribution in [0.2, 0.25) is 0 Å². The van der Waals surface area contributed by atoms with E-state index in [0.717, 1.165) is 77.0 Å². The first-order chi connectivity index (χ1) is 18.0. The molecule has 0 unspecified atom stereocenters. The number of hydrogen-bond acceptors (Lipinski definition) is 6. The molecular weight excluding hydrogens is 522 g/mol. The standard InChI is InChI=1S/C26H44F6O6/c27-25(28,29)37-21-15-11-7-3-1-5-9-13-19-35-23(33)17-18-24(34)36-20-14-10-6-2-4-8-12-16-22-38-26(30,31)32/h1-22H2. The van der Waals surface area contributed by atoms with Crippen molar-refractivity contribution in [2.75, 3.05) is 26.4 Å². The predicted octanol–water partition coefficient (Wildman–Crippen LogP) is 8.17. The van der Waals surface area contributed by atoms with Crippen molar-refractivity contribution in [2.45, 2.75) is 128 Å². The average Bonchev–Trinajstić information content (AvgIpc) is 2.82. The first kappa shape index (κ1) is 36.4. The van der Waals surface area contributed by atoms with Crippen LogP contribution in [0.25, 0.3) is 0 Å². The highest BCUT2D eigenvalue weighted by atomic mass is 19.4. The van der Waals surface area contributed by atoms with Crippen LogP contribution in [0.3, 0.4) is 0 Å². The van der Waals surface area contributed by atoms with E-state index in [1.54, 1.807) is 0 Å². The Balaban J connectivity index is 3.34. The second-order valence-corrected chi connectivity index (χ2v) is 9.19. The number of hydrogen-bond donors (Lipinski definition) is 0. The molecule has 0 aromatic rings. The Morgan fingerprint density at radius 3 is 0.895 bits per heavy atom. The second kappa shape index (κ2) is 23.3. The van der Waals surface area contributed by atoms with Gasteiger partial charge in [0.25, 0.3) is 0 Å². The van der Waals surface area contributed by atoms with Crippen LogP contribution >= 0.6 is 0 Å². The van der Waals surface area contributed by atoms with Gasteiger partial charge in [0.05, 0.1) is 39.3 Å². The minimum atomic E-state index is -4.55. The summed E-state index contributed by atoms with van der Waals surface area (Å²) in [6, 6.07) is 0. The molecule has 0 aromatic carbocycles. The third-order valence-electron chi connectivity index (χ3n) is 5.67. The smallest absolute Gasteiger partial charge is 0.466 e. The normalized spacial score (nSPS) is 12.1. The highest BCUT2D eigenvalue weighted by Crippen LogP contribution is 2.18. The quantitative estimate of drug-likeness (QED) is 0.0631. The number of esters is 2. The van der Waals surface area contributed by atoms with Crippen LogP contribution < -0.4 is 0 Å². The SMILES string of the molecule is O=C(CCC(=O)OCCCCCCCCCCOC(F)(F)F)OCCCCCCCCCCOC(F)(F)F. The summed E-state index contributed by atoms with van der Waals surface area (Å²) in [5, 5.41) is 0. The number of alkyl halides is 6. The molecule has 0 N–H and O–H groups in total. The van der Waals surface area contributed by atoms with Gasteiger partial charge in [-0.15, -0.1) is 26.3 Å². The lowest BCUT2D eigenvalue weighted by Gasteiger charge is -2.07. The van der Waals surface area contributed by atoms with Gasteiger partial charge in [-0.2, -0.15) is 0 Å². The van der Waals surface area contributed by atoms with E-state index in [-0.39, 0.29) is 26.1 Å². The molecule has 0 aliphatic heterocycles. The zero-order valence-electron chi connectivity index (χ0n) is 22.3. The van der Waals surface area contributed by atoms with Crippen molar-refractivity contribution in [3.05, 3.63) is 0 Å². The van der Waals surface area contributed by atoms with Crippen molar-refractivity contribution in [3.8, 4) is 0 Å². The van der Waals surface area contributed by atoms with E-state index in [2.05, 4.69) is 9.47 Å². The lowest BCUT2D eigenvalue weighted by molar-refractivity contribution is -0.325. The van der Waals surface area contributed by atoms with Crippen molar-refractivity contribution in [3.63, 3.8) is 0 Å². The van der Waals surface area contributed by atoms with Gasteiger partial charge in [0.2, 0.25) is 0 Å². The second-order valence-electron chi connectivity index (χ2n) is 9.19. The van der Waals surface area contributed by atoms with Gasteiger partial charge in [-0.3, -0.25) is 19.1 Å². The van der Waals surface area contributed by atoms with E-state index in [1.807, 2.05) is 0 Å². The van der Waals surface area contributed by atoms with Gasteiger partial charge in [0.15, 0.2) is 0 Å². The maximum atomic E-state index is 11.8. The summed E-state index contributed by atoms with van der Waals surface area (Å²) in [6.45, 7) is -0.00244. The molecule has 0 atom stereocenters. The van der Waals surface area contributed by atoms with Crippen LogP contribution in [-0.4, -0.2) is 51.1 Å². The molecule has 12 heteroatoms. The number of unbranched alkanes of at least 4 members (excludes halogenated alkanes) is 14. The maximum absolute atomic E-state index is 11.8. The topological polar surface area (TPSA) is 71.1 Å². The van der Waals surface area contributed by atoms with Crippen LogP contribution in [0.15, 0.2) is 0 Å². The van der Waals surface area contributed by atoms with E-state index >= 15 is 0 Å². The minimum Gasteiger partial charge on any atom is -0.466 e. The van der Waals surface area contributed by atoms with Crippen LogP contribution in [0, 0.1) is 0 Å². The molecule has 0 radical (unpaired) electrons. The lowest BCUT2D eigenvalue weighted by atomic mass is 10.1. The molecule has 0 amide bonds. The van der Waals surface area contributed by atoms with Gasteiger partial charge in [0, 0.05) is 0 Å². The van der Waals surface area contributed by atoms with E-state index in [0.29, 0.717) is 38.9 Å². The Labute approximate surface area is 222 Å². The van der Waals surface area contributed by atoms with Gasteiger partial charge in [0.1, 0.15) is 0 Å². The van der Waals surface area contributed by atoms with E-state index in [4.69, 9.17) is 9.47 Å². The zero-order valence-corrected chi connectivity index (χ0v) is 22.3. The van der Waals surface area contributed by atoms with Crippen molar-refractivity contribution in [1.82, 2.24) is 0 Å². The summed E-state index contributed by atoms with van der Waals surface area (Å²) < 4.78 is 88.5. The minimum absolute atomic E-state index is 0.0229. The number of halogens is 6. The highest BCUT2D eigenvalue weighted by Gasteiger charge is 2.28. The molecule has 0 rings (SSSR count). The fourth-order valence-electron chi connectivity index (χ4n) is 3.63. The molecule has 0 saturated heterocycles. The molecule has 0 spiro atoms. The number of rotatable bonds is 25. The van der Waals surface area contributed by atoms with Crippen LogP contribution in [0.1, 0.15) is 116 Å². The number of carbonyl (C=O) groups is 2. The van der Waals surface area contributed by atoms with Crippen LogP contribution in [0.5, 0.6) is 0 Å². The Hall–Kier alpha value is -1.56. The van der Waals surface area contributed by atoms with Crippen molar-refractivity contribution < 1.29 is 54.9 Å². The molecule has 6 nitrogen and oxygen atoms in total. The summed E-state index contributed by atoms with van der Waals surface area (Å²) in [5.74, 6) is -0.874. The maximum Gasteiger partial charge on any atom is 0.522 e. The van der Waals surface area contributed by atoms with Crippen molar-refractivity contribution >= 4 is 11.9 Å². The first-order valence-corrected chi connectivity index (χ1v) is 13.7. The molecule has 226 valence electrons. The van der Waals surface area contributed by atoms with Crippen LogP contribution in [-0.2, 0) is 28.5 Å². The fourth-order valence-corrected chi connectivity index (χ4v) is 3.63. The summed E-state index contributed by atoms with van der Waals surface area (Å²) in [4.78, 5) is 23.4. The Morgan fingerprint density at radius 1 is 0.395 bits per heavy atom. The molecule has 0 aliphatic rings. The Kier molecular flexibility index (Phi) is 22.4.